The zero-order valence-corrected chi connectivity index (χ0v) is 13.8. The number of ether oxygens (including phenoxy) is 2. The molecule has 2 rings (SSSR count). The number of amides is 1. The van der Waals surface area contributed by atoms with Crippen molar-refractivity contribution in [3.63, 3.8) is 0 Å². The molecule has 1 aromatic carbocycles. The zero-order chi connectivity index (χ0) is 16.7. The van der Waals surface area contributed by atoms with Crippen molar-refractivity contribution in [2.75, 3.05) is 19.0 Å². The smallest absolute Gasteiger partial charge is 0.357 e. The van der Waals surface area contributed by atoms with Gasteiger partial charge in [0.25, 0.3) is 0 Å². The minimum atomic E-state index is -0.484. The van der Waals surface area contributed by atoms with Crippen LogP contribution in [0.1, 0.15) is 29.4 Å². The van der Waals surface area contributed by atoms with Crippen molar-refractivity contribution in [2.24, 2.45) is 0 Å². The topological polar surface area (TPSA) is 77.5 Å². The van der Waals surface area contributed by atoms with Gasteiger partial charge < -0.3 is 14.8 Å². The number of nitrogens with one attached hydrogen (secondary N) is 1. The first-order chi connectivity index (χ1) is 11.1. The molecule has 0 aliphatic rings. The van der Waals surface area contributed by atoms with Crippen LogP contribution in [0.25, 0.3) is 0 Å². The van der Waals surface area contributed by atoms with Crippen LogP contribution in [0, 0.1) is 0 Å². The number of benzene rings is 1. The molecule has 1 amide bonds. The Balaban J connectivity index is 1.83. The molecule has 7 heteroatoms. The second kappa shape index (κ2) is 8.28. The average molecular weight is 334 g/mol. The lowest BCUT2D eigenvalue weighted by Crippen LogP contribution is -2.12. The summed E-state index contributed by atoms with van der Waals surface area (Å²) in [6.07, 6.45) is 0.951. The van der Waals surface area contributed by atoms with E-state index in [9.17, 15) is 9.59 Å². The van der Waals surface area contributed by atoms with E-state index < -0.39 is 5.97 Å². The minimum absolute atomic E-state index is 0.148. The van der Waals surface area contributed by atoms with E-state index in [0.29, 0.717) is 24.6 Å². The molecule has 0 saturated heterocycles. The number of rotatable bonds is 7. The quantitative estimate of drug-likeness (QED) is 0.788. The van der Waals surface area contributed by atoms with Crippen molar-refractivity contribution in [1.82, 2.24) is 4.98 Å². The van der Waals surface area contributed by atoms with Gasteiger partial charge >= 0.3 is 5.97 Å². The standard InChI is InChI=1S/C16H18N2O4S/c1-3-22-15(20)13-10-23-16(17-13)18-14(19)9-6-11-4-7-12(21-2)8-5-11/h4-5,7-8,10H,3,6,9H2,1-2H3,(H,17,18,19). The maximum Gasteiger partial charge on any atom is 0.357 e. The highest BCUT2D eigenvalue weighted by molar-refractivity contribution is 7.14. The number of hydrogen-bond donors (Lipinski definition) is 1. The number of methoxy groups -OCH3 is 1. The molecule has 122 valence electrons. The summed E-state index contributed by atoms with van der Waals surface area (Å²) in [4.78, 5) is 27.5. The lowest BCUT2D eigenvalue weighted by atomic mass is 10.1. The summed E-state index contributed by atoms with van der Waals surface area (Å²) < 4.78 is 9.94. The summed E-state index contributed by atoms with van der Waals surface area (Å²) in [5.41, 5.74) is 1.26. The summed E-state index contributed by atoms with van der Waals surface area (Å²) in [5, 5.41) is 4.65. The number of carbonyl (C=O) groups is 2. The van der Waals surface area contributed by atoms with Gasteiger partial charge in [0.15, 0.2) is 10.8 Å². The Bertz CT molecular complexity index is 667. The third kappa shape index (κ3) is 5.07. The molecule has 0 fully saturated rings. The average Bonchev–Trinajstić information content (AvgIpc) is 3.02. The van der Waals surface area contributed by atoms with E-state index in [1.165, 1.54) is 11.3 Å². The Kier molecular flexibility index (Phi) is 6.10. The SMILES string of the molecule is CCOC(=O)c1csc(NC(=O)CCc2ccc(OC)cc2)n1. The lowest BCUT2D eigenvalue weighted by molar-refractivity contribution is -0.116. The van der Waals surface area contributed by atoms with Gasteiger partial charge in [-0.3, -0.25) is 4.79 Å². The third-order valence-corrected chi connectivity index (χ3v) is 3.79. The monoisotopic (exact) mass is 334 g/mol. The van der Waals surface area contributed by atoms with Crippen molar-refractivity contribution >= 4 is 28.3 Å². The van der Waals surface area contributed by atoms with E-state index >= 15 is 0 Å². The molecule has 1 N–H and O–H groups in total. The summed E-state index contributed by atoms with van der Waals surface area (Å²) >= 11 is 1.20. The molecule has 0 spiro atoms. The molecule has 0 radical (unpaired) electrons. The first kappa shape index (κ1) is 17.0. The molecular weight excluding hydrogens is 316 g/mol. The molecule has 0 aliphatic carbocycles. The van der Waals surface area contributed by atoms with Gasteiger partial charge in [-0.05, 0) is 31.0 Å². The van der Waals surface area contributed by atoms with Crippen LogP contribution >= 0.6 is 11.3 Å². The highest BCUT2D eigenvalue weighted by atomic mass is 32.1. The van der Waals surface area contributed by atoms with Crippen molar-refractivity contribution in [1.29, 1.82) is 0 Å². The maximum absolute atomic E-state index is 11.9. The Morgan fingerprint density at radius 1 is 1.26 bits per heavy atom. The predicted molar refractivity (Wildman–Crippen MR) is 88.0 cm³/mol. The fourth-order valence-corrected chi connectivity index (χ4v) is 2.56. The fourth-order valence-electron chi connectivity index (χ4n) is 1.86. The molecule has 0 unspecified atom stereocenters. The number of aryl methyl sites for hydroxylation is 1. The van der Waals surface area contributed by atoms with Crippen molar-refractivity contribution < 1.29 is 19.1 Å². The van der Waals surface area contributed by atoms with Gasteiger partial charge in [0.05, 0.1) is 13.7 Å². The summed E-state index contributed by atoms with van der Waals surface area (Å²) in [6.45, 7) is 2.02. The zero-order valence-electron chi connectivity index (χ0n) is 13.0. The molecule has 23 heavy (non-hydrogen) atoms. The summed E-state index contributed by atoms with van der Waals surface area (Å²) in [7, 11) is 1.61. The molecule has 0 atom stereocenters. The van der Waals surface area contributed by atoms with Gasteiger partial charge in [0.1, 0.15) is 5.75 Å². The maximum atomic E-state index is 11.9. The third-order valence-electron chi connectivity index (χ3n) is 3.03. The fraction of sp³-hybridized carbons (Fsp3) is 0.312. The number of anilines is 1. The number of nitrogens with zero attached hydrogens (tertiary/aromatic N) is 1. The van der Waals surface area contributed by atoms with Crippen LogP contribution in [0.15, 0.2) is 29.6 Å². The first-order valence-electron chi connectivity index (χ1n) is 7.17. The van der Waals surface area contributed by atoms with Crippen molar-refractivity contribution in [3.05, 3.63) is 40.9 Å². The number of carbonyl (C=O) groups excluding carboxylic acids is 2. The molecule has 2 aromatic rings. The molecule has 0 aliphatic heterocycles. The van der Waals surface area contributed by atoms with E-state index in [-0.39, 0.29) is 11.6 Å². The Hall–Kier alpha value is -2.41. The second-order valence-corrected chi connectivity index (χ2v) is 5.51. The van der Waals surface area contributed by atoms with Crippen molar-refractivity contribution in [3.8, 4) is 5.75 Å². The Morgan fingerprint density at radius 2 is 2.00 bits per heavy atom. The second-order valence-electron chi connectivity index (χ2n) is 4.65. The van der Waals surface area contributed by atoms with Crippen LogP contribution in [-0.4, -0.2) is 30.6 Å². The van der Waals surface area contributed by atoms with Crippen molar-refractivity contribution in [2.45, 2.75) is 19.8 Å². The first-order valence-corrected chi connectivity index (χ1v) is 8.05. The summed E-state index contributed by atoms with van der Waals surface area (Å²) in [6, 6.07) is 7.57. The van der Waals surface area contributed by atoms with E-state index in [1.807, 2.05) is 24.3 Å². The van der Waals surface area contributed by atoms with Gasteiger partial charge in [-0.25, -0.2) is 9.78 Å². The Morgan fingerprint density at radius 3 is 2.65 bits per heavy atom. The van der Waals surface area contributed by atoms with Crippen LogP contribution < -0.4 is 10.1 Å². The van der Waals surface area contributed by atoms with E-state index in [0.717, 1.165) is 11.3 Å². The highest BCUT2D eigenvalue weighted by Crippen LogP contribution is 2.17. The molecule has 6 nitrogen and oxygen atoms in total. The molecule has 1 heterocycles. The van der Waals surface area contributed by atoms with Gasteiger partial charge in [-0.15, -0.1) is 11.3 Å². The number of aromatic nitrogens is 1. The molecule has 0 bridgehead atoms. The lowest BCUT2D eigenvalue weighted by Gasteiger charge is -2.04. The molecular formula is C16H18N2O4S. The van der Waals surface area contributed by atoms with Crippen LogP contribution in [-0.2, 0) is 16.0 Å². The number of hydrogen-bond acceptors (Lipinski definition) is 6. The predicted octanol–water partition coefficient (Wildman–Crippen LogP) is 2.90. The molecule has 0 saturated carbocycles. The van der Waals surface area contributed by atoms with Crippen LogP contribution in [0.2, 0.25) is 0 Å². The largest absolute Gasteiger partial charge is 0.497 e. The summed E-state index contributed by atoms with van der Waals surface area (Å²) in [5.74, 6) is 0.153. The normalized spacial score (nSPS) is 10.2. The Labute approximate surface area is 138 Å². The van der Waals surface area contributed by atoms with Gasteiger partial charge in [0.2, 0.25) is 5.91 Å². The van der Waals surface area contributed by atoms with Gasteiger partial charge in [0, 0.05) is 11.8 Å². The van der Waals surface area contributed by atoms with E-state index in [2.05, 4.69) is 10.3 Å². The van der Waals surface area contributed by atoms with Crippen LogP contribution in [0.3, 0.4) is 0 Å². The minimum Gasteiger partial charge on any atom is -0.497 e. The van der Waals surface area contributed by atoms with Crippen LogP contribution in [0.5, 0.6) is 5.75 Å². The number of esters is 1. The van der Waals surface area contributed by atoms with E-state index in [4.69, 9.17) is 9.47 Å². The number of thiazole rings is 1. The van der Waals surface area contributed by atoms with Gasteiger partial charge in [-0.2, -0.15) is 0 Å². The van der Waals surface area contributed by atoms with Gasteiger partial charge in [-0.1, -0.05) is 12.1 Å². The van der Waals surface area contributed by atoms with Crippen LogP contribution in [0.4, 0.5) is 5.13 Å². The van der Waals surface area contributed by atoms with E-state index in [1.54, 1.807) is 19.4 Å². The molecule has 1 aromatic heterocycles. The highest BCUT2D eigenvalue weighted by Gasteiger charge is 2.13.